The van der Waals surface area contributed by atoms with Gasteiger partial charge in [-0.3, -0.25) is 9.69 Å². The molecule has 20 heavy (non-hydrogen) atoms. The number of carbonyl (C=O) groups excluding carboxylic acids is 1. The lowest BCUT2D eigenvalue weighted by atomic mass is 9.83. The van der Waals surface area contributed by atoms with Crippen molar-refractivity contribution in [3.05, 3.63) is 0 Å². The van der Waals surface area contributed by atoms with Gasteiger partial charge in [0.25, 0.3) is 5.91 Å². The molecule has 3 rings (SSSR count). The molecule has 3 fully saturated rings. The fourth-order valence-electron chi connectivity index (χ4n) is 4.19. The predicted molar refractivity (Wildman–Crippen MR) is 78.4 cm³/mol. The van der Waals surface area contributed by atoms with Gasteiger partial charge in [-0.05, 0) is 51.6 Å². The maximum absolute atomic E-state index is 12.7. The van der Waals surface area contributed by atoms with Crippen molar-refractivity contribution in [2.45, 2.75) is 69.4 Å². The average Bonchev–Trinajstić information content (AvgIpc) is 3.02. The molecule has 1 N–H and O–H groups in total. The van der Waals surface area contributed by atoms with Crippen LogP contribution >= 0.6 is 0 Å². The molecule has 4 heteroatoms. The zero-order valence-electron chi connectivity index (χ0n) is 12.5. The summed E-state index contributed by atoms with van der Waals surface area (Å²) in [5.41, 5.74) is -1.05. The highest BCUT2D eigenvalue weighted by Gasteiger charge is 2.41. The predicted octanol–water partition coefficient (Wildman–Crippen LogP) is 1.77. The van der Waals surface area contributed by atoms with Crippen LogP contribution in [0.15, 0.2) is 0 Å². The van der Waals surface area contributed by atoms with Crippen LogP contribution in [0.3, 0.4) is 0 Å². The Hall–Kier alpha value is -0.610. The van der Waals surface area contributed by atoms with Gasteiger partial charge >= 0.3 is 0 Å². The fourth-order valence-corrected chi connectivity index (χ4v) is 4.19. The summed E-state index contributed by atoms with van der Waals surface area (Å²) in [6.45, 7) is 4.06. The Morgan fingerprint density at radius 2 is 1.65 bits per heavy atom. The van der Waals surface area contributed by atoms with Gasteiger partial charge in [-0.2, -0.15) is 0 Å². The Morgan fingerprint density at radius 1 is 0.950 bits per heavy atom. The Kier molecular flexibility index (Phi) is 4.32. The maximum atomic E-state index is 12.7. The summed E-state index contributed by atoms with van der Waals surface area (Å²) in [4.78, 5) is 17.2. The second-order valence-corrected chi connectivity index (χ2v) is 6.88. The van der Waals surface area contributed by atoms with E-state index in [0.29, 0.717) is 18.9 Å². The molecule has 1 atom stereocenters. The molecule has 0 aromatic carbocycles. The number of likely N-dealkylation sites (tertiary alicyclic amines) is 2. The minimum Gasteiger partial charge on any atom is -0.380 e. The number of rotatable bonds is 2. The van der Waals surface area contributed by atoms with Gasteiger partial charge in [-0.25, -0.2) is 0 Å². The van der Waals surface area contributed by atoms with Crippen molar-refractivity contribution < 1.29 is 9.90 Å². The topological polar surface area (TPSA) is 43.8 Å². The molecule has 0 aromatic rings. The van der Waals surface area contributed by atoms with Crippen LogP contribution in [0.4, 0.5) is 0 Å². The van der Waals surface area contributed by atoms with Crippen molar-refractivity contribution in [1.29, 1.82) is 0 Å². The Balaban J connectivity index is 1.62. The minimum absolute atomic E-state index is 0.0149. The number of hydrogen-bond acceptors (Lipinski definition) is 3. The first kappa shape index (κ1) is 14.3. The normalized spacial score (nSPS) is 31.4. The van der Waals surface area contributed by atoms with Gasteiger partial charge in [-0.1, -0.05) is 19.3 Å². The molecule has 1 amide bonds. The van der Waals surface area contributed by atoms with E-state index in [0.717, 1.165) is 38.8 Å². The number of aliphatic hydroxyl groups is 1. The molecular formula is C16H28N2O2. The Labute approximate surface area is 122 Å². The van der Waals surface area contributed by atoms with Crippen LogP contribution in [0.5, 0.6) is 0 Å². The zero-order chi connectivity index (χ0) is 14.0. The highest BCUT2D eigenvalue weighted by molar-refractivity contribution is 5.85. The van der Waals surface area contributed by atoms with Crippen LogP contribution in [0.25, 0.3) is 0 Å². The van der Waals surface area contributed by atoms with Gasteiger partial charge in [0.15, 0.2) is 0 Å². The van der Waals surface area contributed by atoms with Crippen molar-refractivity contribution in [3.63, 3.8) is 0 Å². The molecule has 2 saturated heterocycles. The monoisotopic (exact) mass is 280 g/mol. The van der Waals surface area contributed by atoms with Crippen molar-refractivity contribution in [1.82, 2.24) is 9.80 Å². The van der Waals surface area contributed by atoms with Gasteiger partial charge in [0, 0.05) is 19.1 Å². The molecule has 1 unspecified atom stereocenters. The summed E-state index contributed by atoms with van der Waals surface area (Å²) in [6, 6.07) is 0.530. The molecule has 0 bridgehead atoms. The molecule has 1 saturated carbocycles. The SMILES string of the molecule is O=C(N1CCCC(N2CCCC2)C1)C1(O)CCCCC1. The van der Waals surface area contributed by atoms with Crippen LogP contribution in [-0.2, 0) is 4.79 Å². The molecule has 0 spiro atoms. The number of nitrogens with zero attached hydrogens (tertiary/aromatic N) is 2. The summed E-state index contributed by atoms with van der Waals surface area (Å²) in [5, 5.41) is 10.6. The Bertz CT molecular complexity index is 346. The van der Waals surface area contributed by atoms with Crippen molar-refractivity contribution in [2.75, 3.05) is 26.2 Å². The van der Waals surface area contributed by atoms with Crippen molar-refractivity contribution in [3.8, 4) is 0 Å². The van der Waals surface area contributed by atoms with Gasteiger partial charge < -0.3 is 10.0 Å². The molecular weight excluding hydrogens is 252 g/mol. The lowest BCUT2D eigenvalue weighted by Crippen LogP contribution is -2.56. The smallest absolute Gasteiger partial charge is 0.254 e. The van der Waals surface area contributed by atoms with E-state index in [9.17, 15) is 9.90 Å². The van der Waals surface area contributed by atoms with E-state index < -0.39 is 5.60 Å². The summed E-state index contributed by atoms with van der Waals surface area (Å²) in [7, 11) is 0. The Morgan fingerprint density at radius 3 is 2.35 bits per heavy atom. The van der Waals surface area contributed by atoms with Crippen LogP contribution < -0.4 is 0 Å². The largest absolute Gasteiger partial charge is 0.380 e. The van der Waals surface area contributed by atoms with Gasteiger partial charge in [0.1, 0.15) is 5.60 Å². The number of carbonyl (C=O) groups is 1. The van der Waals surface area contributed by atoms with Crippen LogP contribution in [0.2, 0.25) is 0 Å². The highest BCUT2D eigenvalue weighted by atomic mass is 16.3. The lowest BCUT2D eigenvalue weighted by molar-refractivity contribution is -0.156. The second kappa shape index (κ2) is 6.02. The molecule has 4 nitrogen and oxygen atoms in total. The zero-order valence-corrected chi connectivity index (χ0v) is 12.5. The van der Waals surface area contributed by atoms with Crippen LogP contribution in [0.1, 0.15) is 57.8 Å². The van der Waals surface area contributed by atoms with Gasteiger partial charge in [0.05, 0.1) is 0 Å². The van der Waals surface area contributed by atoms with Crippen LogP contribution in [-0.4, -0.2) is 58.6 Å². The van der Waals surface area contributed by atoms with E-state index in [4.69, 9.17) is 0 Å². The van der Waals surface area contributed by atoms with E-state index >= 15 is 0 Å². The summed E-state index contributed by atoms with van der Waals surface area (Å²) in [6.07, 6.45) is 9.37. The van der Waals surface area contributed by atoms with E-state index in [1.54, 1.807) is 0 Å². The fraction of sp³-hybridized carbons (Fsp3) is 0.938. The highest BCUT2D eigenvalue weighted by Crippen LogP contribution is 2.31. The third-order valence-electron chi connectivity index (χ3n) is 5.42. The van der Waals surface area contributed by atoms with E-state index in [-0.39, 0.29) is 5.91 Å². The second-order valence-electron chi connectivity index (χ2n) is 6.88. The van der Waals surface area contributed by atoms with E-state index in [1.165, 1.54) is 32.4 Å². The van der Waals surface area contributed by atoms with Crippen LogP contribution in [0, 0.1) is 0 Å². The first-order valence-corrected chi connectivity index (χ1v) is 8.45. The molecule has 2 aliphatic heterocycles. The van der Waals surface area contributed by atoms with Crippen molar-refractivity contribution >= 4 is 5.91 Å². The van der Waals surface area contributed by atoms with Crippen molar-refractivity contribution in [2.24, 2.45) is 0 Å². The first-order chi connectivity index (χ1) is 9.69. The maximum Gasteiger partial charge on any atom is 0.254 e. The summed E-state index contributed by atoms with van der Waals surface area (Å²) in [5.74, 6) is 0.0149. The van der Waals surface area contributed by atoms with Gasteiger partial charge in [-0.15, -0.1) is 0 Å². The minimum atomic E-state index is -1.05. The molecule has 0 radical (unpaired) electrons. The average molecular weight is 280 g/mol. The molecule has 0 aromatic heterocycles. The first-order valence-electron chi connectivity index (χ1n) is 8.45. The number of amides is 1. The molecule has 1 aliphatic carbocycles. The van der Waals surface area contributed by atoms with Gasteiger partial charge in [0.2, 0.25) is 0 Å². The third kappa shape index (κ3) is 2.86. The molecule has 2 heterocycles. The standard InChI is InChI=1S/C16H28N2O2/c19-15(16(20)8-2-1-3-9-16)18-12-6-7-14(13-18)17-10-4-5-11-17/h14,20H,1-13H2. The number of hydrogen-bond donors (Lipinski definition) is 1. The summed E-state index contributed by atoms with van der Waals surface area (Å²) >= 11 is 0. The third-order valence-corrected chi connectivity index (χ3v) is 5.42. The molecule has 3 aliphatic rings. The van der Waals surface area contributed by atoms with E-state index in [1.807, 2.05) is 4.90 Å². The molecule has 114 valence electrons. The quantitative estimate of drug-likeness (QED) is 0.838. The summed E-state index contributed by atoms with van der Waals surface area (Å²) < 4.78 is 0. The van der Waals surface area contributed by atoms with E-state index in [2.05, 4.69) is 4.90 Å². The number of piperidine rings is 1. The lowest BCUT2D eigenvalue weighted by Gasteiger charge is -2.42.